The smallest absolute Gasteiger partial charge is 0.328 e. The Bertz CT molecular complexity index is 367. The lowest BCUT2D eigenvalue weighted by atomic mass is 9.93. The molecule has 0 aromatic heterocycles. The SMILES string of the molecule is CN1C(=O)N(C)C2N=CN(C)C2(C)C1=O. The Labute approximate surface area is 88.1 Å². The van der Waals surface area contributed by atoms with Gasteiger partial charge in [-0.2, -0.15) is 0 Å². The maximum absolute atomic E-state index is 12.1. The van der Waals surface area contributed by atoms with Gasteiger partial charge in [0.2, 0.25) is 0 Å². The van der Waals surface area contributed by atoms with Crippen molar-refractivity contribution in [2.45, 2.75) is 18.6 Å². The number of amides is 3. The second kappa shape index (κ2) is 2.71. The number of fused-ring (bicyclic) bond motifs is 1. The number of hydrogen-bond donors (Lipinski definition) is 0. The molecule has 15 heavy (non-hydrogen) atoms. The zero-order valence-electron chi connectivity index (χ0n) is 9.26. The van der Waals surface area contributed by atoms with Crippen LogP contribution in [0.15, 0.2) is 4.99 Å². The Morgan fingerprint density at radius 3 is 2.53 bits per heavy atom. The van der Waals surface area contributed by atoms with Crippen molar-refractivity contribution >= 4 is 18.3 Å². The third kappa shape index (κ3) is 0.961. The van der Waals surface area contributed by atoms with Gasteiger partial charge in [0.15, 0.2) is 11.7 Å². The predicted octanol–water partition coefficient (Wildman–Crippen LogP) is -0.431. The lowest BCUT2D eigenvalue weighted by Gasteiger charge is -2.45. The fourth-order valence-corrected chi connectivity index (χ4v) is 2.12. The van der Waals surface area contributed by atoms with E-state index in [1.165, 1.54) is 11.9 Å². The van der Waals surface area contributed by atoms with Crippen LogP contribution in [0.3, 0.4) is 0 Å². The first kappa shape index (κ1) is 9.95. The molecular formula is C9H14N4O2. The Kier molecular flexibility index (Phi) is 1.80. The summed E-state index contributed by atoms with van der Waals surface area (Å²) in [4.78, 5) is 32.3. The van der Waals surface area contributed by atoms with Gasteiger partial charge in [-0.3, -0.25) is 9.69 Å². The maximum Gasteiger partial charge on any atom is 0.328 e. The molecule has 0 N–H and O–H groups in total. The van der Waals surface area contributed by atoms with Crippen molar-refractivity contribution in [3.8, 4) is 0 Å². The minimum atomic E-state index is -0.766. The van der Waals surface area contributed by atoms with E-state index in [4.69, 9.17) is 0 Å². The van der Waals surface area contributed by atoms with Gasteiger partial charge in [-0.15, -0.1) is 0 Å². The quantitative estimate of drug-likeness (QED) is 0.545. The molecule has 0 aromatic carbocycles. The minimum absolute atomic E-state index is 0.212. The highest BCUT2D eigenvalue weighted by molar-refractivity contribution is 6.04. The molecule has 6 heteroatoms. The monoisotopic (exact) mass is 210 g/mol. The van der Waals surface area contributed by atoms with Gasteiger partial charge >= 0.3 is 6.03 Å². The summed E-state index contributed by atoms with van der Waals surface area (Å²) in [5.74, 6) is -0.212. The Morgan fingerprint density at radius 1 is 1.33 bits per heavy atom. The average Bonchev–Trinajstić information content (AvgIpc) is 2.51. The number of nitrogens with zero attached hydrogens (tertiary/aromatic N) is 4. The van der Waals surface area contributed by atoms with Gasteiger partial charge in [-0.1, -0.05) is 0 Å². The van der Waals surface area contributed by atoms with E-state index in [-0.39, 0.29) is 11.9 Å². The van der Waals surface area contributed by atoms with E-state index in [0.717, 1.165) is 4.90 Å². The van der Waals surface area contributed by atoms with Crippen LogP contribution in [0.1, 0.15) is 6.92 Å². The second-order valence-electron chi connectivity index (χ2n) is 4.15. The van der Waals surface area contributed by atoms with E-state index in [1.54, 1.807) is 32.3 Å². The predicted molar refractivity (Wildman–Crippen MR) is 54.4 cm³/mol. The summed E-state index contributed by atoms with van der Waals surface area (Å²) in [6.07, 6.45) is 1.18. The van der Waals surface area contributed by atoms with Gasteiger partial charge in [0, 0.05) is 21.1 Å². The van der Waals surface area contributed by atoms with Gasteiger partial charge in [0.05, 0.1) is 6.34 Å². The molecule has 2 aliphatic heterocycles. The highest BCUT2D eigenvalue weighted by Crippen LogP contribution is 2.32. The number of urea groups is 1. The highest BCUT2D eigenvalue weighted by Gasteiger charge is 2.56. The fourth-order valence-electron chi connectivity index (χ4n) is 2.12. The molecule has 0 saturated carbocycles. The third-order valence-electron chi connectivity index (χ3n) is 3.31. The number of hydrogen-bond acceptors (Lipinski definition) is 4. The molecule has 2 unspecified atom stereocenters. The Balaban J connectivity index is 2.48. The van der Waals surface area contributed by atoms with E-state index in [1.807, 2.05) is 0 Å². The molecular weight excluding hydrogens is 196 g/mol. The van der Waals surface area contributed by atoms with Crippen LogP contribution in [-0.4, -0.2) is 65.8 Å². The van der Waals surface area contributed by atoms with Crippen molar-refractivity contribution < 1.29 is 9.59 Å². The normalized spacial score (nSPS) is 35.2. The van der Waals surface area contributed by atoms with Crippen LogP contribution in [0.2, 0.25) is 0 Å². The van der Waals surface area contributed by atoms with Gasteiger partial charge in [0.1, 0.15) is 0 Å². The lowest BCUT2D eigenvalue weighted by molar-refractivity contribution is -0.142. The summed E-state index contributed by atoms with van der Waals surface area (Å²) < 4.78 is 0. The van der Waals surface area contributed by atoms with Crippen LogP contribution in [0, 0.1) is 0 Å². The first-order chi connectivity index (χ1) is 6.90. The van der Waals surface area contributed by atoms with Gasteiger partial charge in [-0.05, 0) is 6.92 Å². The van der Waals surface area contributed by atoms with Gasteiger partial charge < -0.3 is 9.80 Å². The summed E-state index contributed by atoms with van der Waals surface area (Å²) in [6, 6.07) is -0.310. The molecule has 2 rings (SSSR count). The standard InChI is InChI=1S/C9H14N4O2/c1-9-6(10-5-11(9)2)12(3)8(15)13(4)7(9)14/h5-6H,1-4H3. The van der Waals surface area contributed by atoms with Crippen molar-refractivity contribution in [2.24, 2.45) is 4.99 Å². The van der Waals surface area contributed by atoms with E-state index < -0.39 is 11.7 Å². The third-order valence-corrected chi connectivity index (χ3v) is 3.31. The van der Waals surface area contributed by atoms with Crippen LogP contribution < -0.4 is 0 Å². The lowest BCUT2D eigenvalue weighted by Crippen LogP contribution is -2.70. The minimum Gasteiger partial charge on any atom is -0.348 e. The first-order valence-electron chi connectivity index (χ1n) is 4.72. The second-order valence-corrected chi connectivity index (χ2v) is 4.15. The Morgan fingerprint density at radius 2 is 1.93 bits per heavy atom. The number of carbonyl (C=O) groups excluding carboxylic acids is 2. The molecule has 3 amide bonds. The molecule has 0 radical (unpaired) electrons. The molecule has 1 saturated heterocycles. The van der Waals surface area contributed by atoms with Gasteiger partial charge in [-0.25, -0.2) is 9.79 Å². The van der Waals surface area contributed by atoms with E-state index in [0.29, 0.717) is 0 Å². The molecule has 2 aliphatic rings. The van der Waals surface area contributed by atoms with Crippen LogP contribution >= 0.6 is 0 Å². The highest BCUT2D eigenvalue weighted by atomic mass is 16.2. The first-order valence-corrected chi connectivity index (χ1v) is 4.72. The summed E-state index contributed by atoms with van der Waals surface area (Å²) in [7, 11) is 4.94. The molecule has 2 atom stereocenters. The van der Waals surface area contributed by atoms with Crippen molar-refractivity contribution in [2.75, 3.05) is 21.1 Å². The molecule has 2 heterocycles. The number of aliphatic imine (C=N–C) groups is 1. The van der Waals surface area contributed by atoms with Crippen molar-refractivity contribution in [1.82, 2.24) is 14.7 Å². The molecule has 6 nitrogen and oxygen atoms in total. The molecule has 1 fully saturated rings. The largest absolute Gasteiger partial charge is 0.348 e. The van der Waals surface area contributed by atoms with Crippen LogP contribution in [-0.2, 0) is 4.79 Å². The number of rotatable bonds is 0. The number of carbonyl (C=O) groups is 2. The van der Waals surface area contributed by atoms with Crippen LogP contribution in [0.4, 0.5) is 4.79 Å². The number of likely N-dealkylation sites (N-methyl/N-ethyl adjacent to an activating group) is 3. The number of imide groups is 1. The topological polar surface area (TPSA) is 56.2 Å². The van der Waals surface area contributed by atoms with Crippen molar-refractivity contribution in [3.63, 3.8) is 0 Å². The molecule has 82 valence electrons. The van der Waals surface area contributed by atoms with Gasteiger partial charge in [0.25, 0.3) is 5.91 Å². The van der Waals surface area contributed by atoms with Crippen molar-refractivity contribution in [1.29, 1.82) is 0 Å². The molecule has 0 aromatic rings. The Hall–Kier alpha value is -1.59. The zero-order valence-corrected chi connectivity index (χ0v) is 9.26. The van der Waals surface area contributed by atoms with E-state index in [2.05, 4.69) is 4.99 Å². The van der Waals surface area contributed by atoms with Crippen LogP contribution in [0.5, 0.6) is 0 Å². The summed E-state index contributed by atoms with van der Waals surface area (Å²) in [5.41, 5.74) is -0.766. The summed E-state index contributed by atoms with van der Waals surface area (Å²) in [5, 5.41) is 0. The fraction of sp³-hybridized carbons (Fsp3) is 0.667. The molecule has 0 bridgehead atoms. The summed E-state index contributed by atoms with van der Waals surface area (Å²) >= 11 is 0. The van der Waals surface area contributed by atoms with Crippen molar-refractivity contribution in [3.05, 3.63) is 0 Å². The molecule has 0 spiro atoms. The van der Waals surface area contributed by atoms with E-state index >= 15 is 0 Å². The van der Waals surface area contributed by atoms with E-state index in [9.17, 15) is 9.59 Å². The maximum atomic E-state index is 12.1. The van der Waals surface area contributed by atoms with Crippen LogP contribution in [0.25, 0.3) is 0 Å². The average molecular weight is 210 g/mol. The molecule has 0 aliphatic carbocycles. The summed E-state index contributed by atoms with van der Waals surface area (Å²) in [6.45, 7) is 1.80. The zero-order chi connectivity index (χ0) is 11.4.